The van der Waals surface area contributed by atoms with E-state index in [1.165, 1.54) is 38.1 Å². The van der Waals surface area contributed by atoms with Gasteiger partial charge in [0.1, 0.15) is 61.9 Å². The standard InChI is InChI=1S/C75H75N3O20/c1-41-53-34-74(89,35-56(41)93-68(85)63(61(43-21-9-7-10-22-43)78-71(88)98-72(3,4)5)95-60(82)37-77-70(87)91-39-55-51-31-19-15-27-47(51)48-28-16-20-32-52(48)55)66(96-67(84)44-23-11-8-12-24-44)64-73(6,57(80)33-58-75(64,40-92-58)97-42(2)79)65(83)62(53)94-59(81)36-76-69(86)90-38-54-49-29-17-13-25-45(49)46-26-14-18-30-50(46)54/h7-32,54-58,61-64,66,80,89H,33-40H2,1-6H3,(H,76,86)(H,77,87)(H,78,88)/t56-,57-,58?,61-,62+,63+,64?,66-,73?,74+,75-/m0/s1. The summed E-state index contributed by atoms with van der Waals surface area (Å²) < 4.78 is 54.2. The Kier molecular flexibility index (Phi) is 18.9. The molecule has 23 nitrogen and oxygen atoms in total. The van der Waals surface area contributed by atoms with Crippen molar-refractivity contribution in [2.24, 2.45) is 11.3 Å². The molecule has 510 valence electrons. The molecule has 11 atom stereocenters. The van der Waals surface area contributed by atoms with E-state index in [0.717, 1.165) is 51.4 Å². The molecule has 1 saturated heterocycles. The fourth-order valence-corrected chi connectivity index (χ4v) is 14.9. The van der Waals surface area contributed by atoms with Crippen LogP contribution in [0.1, 0.15) is 117 Å². The monoisotopic (exact) mass is 1340 g/mol. The van der Waals surface area contributed by atoms with Crippen LogP contribution in [-0.2, 0) is 66.6 Å². The predicted molar refractivity (Wildman–Crippen MR) is 348 cm³/mol. The Morgan fingerprint density at radius 2 is 1.15 bits per heavy atom. The molecule has 5 aliphatic carbocycles. The molecule has 3 fully saturated rings. The largest absolute Gasteiger partial charge is 0.455 e. The van der Waals surface area contributed by atoms with Crippen molar-refractivity contribution in [3.05, 3.63) is 202 Å². The highest BCUT2D eigenvalue weighted by Gasteiger charge is 2.76. The Balaban J connectivity index is 0.878. The van der Waals surface area contributed by atoms with Crippen molar-refractivity contribution in [3.8, 4) is 22.3 Å². The van der Waals surface area contributed by atoms with E-state index in [1.807, 2.05) is 97.1 Å². The summed E-state index contributed by atoms with van der Waals surface area (Å²) in [6.45, 7) is 6.19. The van der Waals surface area contributed by atoms with Gasteiger partial charge in [-0.3, -0.25) is 19.2 Å². The molecular formula is C75H75N3O20. The zero-order valence-corrected chi connectivity index (χ0v) is 54.7. The van der Waals surface area contributed by atoms with Crippen LogP contribution >= 0.6 is 0 Å². The molecule has 12 rings (SSSR count). The molecule has 6 aliphatic rings. The lowest BCUT2D eigenvalue weighted by atomic mass is 9.48. The van der Waals surface area contributed by atoms with Gasteiger partial charge in [0.05, 0.1) is 29.6 Å². The number of alkyl carbamates (subject to hydrolysis) is 3. The Labute approximate surface area is 564 Å². The quantitative estimate of drug-likeness (QED) is 0.0305. The number of nitrogens with one attached hydrogen (secondary N) is 3. The van der Waals surface area contributed by atoms with Gasteiger partial charge in [0, 0.05) is 38.0 Å². The van der Waals surface area contributed by atoms with Gasteiger partial charge in [-0.15, -0.1) is 0 Å². The third-order valence-corrected chi connectivity index (χ3v) is 19.5. The van der Waals surface area contributed by atoms with E-state index >= 15 is 9.59 Å². The average molecular weight is 1340 g/mol. The number of hydrogen-bond acceptors (Lipinski definition) is 20. The molecule has 1 aliphatic heterocycles. The number of benzene rings is 6. The highest BCUT2D eigenvalue weighted by atomic mass is 16.6. The molecule has 23 heteroatoms. The van der Waals surface area contributed by atoms with Crippen molar-refractivity contribution in [2.75, 3.05) is 32.9 Å². The number of ether oxygens (including phenoxy) is 9. The average Bonchev–Trinajstić information content (AvgIpc) is 0.838. The molecule has 3 unspecified atom stereocenters. The summed E-state index contributed by atoms with van der Waals surface area (Å²) >= 11 is 0. The highest BCUT2D eigenvalue weighted by molar-refractivity contribution is 5.96. The van der Waals surface area contributed by atoms with Gasteiger partial charge in [-0.1, -0.05) is 146 Å². The van der Waals surface area contributed by atoms with Gasteiger partial charge in [0.15, 0.2) is 17.5 Å². The Morgan fingerprint density at radius 1 is 0.653 bits per heavy atom. The number of aliphatic hydroxyl groups is 2. The Morgan fingerprint density at radius 3 is 1.65 bits per heavy atom. The van der Waals surface area contributed by atoms with Crippen molar-refractivity contribution < 1.29 is 96.0 Å². The topological polar surface area (TPSA) is 313 Å². The molecule has 2 bridgehead atoms. The van der Waals surface area contributed by atoms with Crippen LogP contribution in [0.3, 0.4) is 0 Å². The summed E-state index contributed by atoms with van der Waals surface area (Å²) in [5.41, 5.74) is -0.267. The molecule has 2 saturated carbocycles. The first kappa shape index (κ1) is 67.7. The number of amides is 3. The number of aliphatic hydroxyl groups excluding tert-OH is 1. The van der Waals surface area contributed by atoms with Gasteiger partial charge in [-0.25, -0.2) is 24.0 Å². The molecule has 0 aromatic heterocycles. The third-order valence-electron chi connectivity index (χ3n) is 19.5. The number of Topliss-reactive ketones (excluding diaryl/α,β-unsaturated/α-hetero) is 1. The van der Waals surface area contributed by atoms with Crippen LogP contribution in [0.5, 0.6) is 0 Å². The SMILES string of the molecule is CC(=O)O[C@@]12COC1C[C@H](O)C1(C)C(=O)[C@H](OC(=O)CNC(=O)OCC3c4ccccc4-c4ccccc43)C3=C(C)[C@@H](OC(=O)[C@H](OC(=O)CNC(=O)OCC4c5ccccc5-c5ccccc54)[C@@H](NC(=O)OC(C)(C)C)c4ccccc4)C[C@](O)(C3)[C@@H](OC(=O)c3ccccc3)C12. The van der Waals surface area contributed by atoms with Crippen molar-refractivity contribution in [3.63, 3.8) is 0 Å². The van der Waals surface area contributed by atoms with Crippen LogP contribution < -0.4 is 16.0 Å². The summed E-state index contributed by atoms with van der Waals surface area (Å²) in [5, 5.41) is 33.8. The second-order valence-electron chi connectivity index (χ2n) is 26.7. The maximum atomic E-state index is 16.2. The van der Waals surface area contributed by atoms with Crippen LogP contribution in [0.4, 0.5) is 14.4 Å². The smallest absolute Gasteiger partial charge is 0.408 e. The molecule has 0 spiro atoms. The van der Waals surface area contributed by atoms with E-state index in [4.69, 9.17) is 42.6 Å². The fourth-order valence-electron chi connectivity index (χ4n) is 14.9. The van der Waals surface area contributed by atoms with Crippen LogP contribution in [0.2, 0.25) is 0 Å². The first-order chi connectivity index (χ1) is 46.9. The lowest BCUT2D eigenvalue weighted by Gasteiger charge is -2.65. The van der Waals surface area contributed by atoms with Crippen LogP contribution in [-0.4, -0.2) is 150 Å². The lowest BCUT2D eigenvalue weighted by molar-refractivity contribution is -0.340. The second kappa shape index (κ2) is 27.4. The zero-order valence-electron chi connectivity index (χ0n) is 54.7. The summed E-state index contributed by atoms with van der Waals surface area (Å²) in [7, 11) is 0. The number of fused-ring (bicyclic) bond motifs is 11. The van der Waals surface area contributed by atoms with E-state index in [1.54, 1.807) is 57.2 Å². The molecule has 6 aromatic carbocycles. The van der Waals surface area contributed by atoms with Crippen LogP contribution in [0.15, 0.2) is 169 Å². The van der Waals surface area contributed by atoms with Crippen LogP contribution in [0.25, 0.3) is 22.3 Å². The van der Waals surface area contributed by atoms with E-state index in [-0.39, 0.29) is 53.7 Å². The van der Waals surface area contributed by atoms with Gasteiger partial charge in [0.2, 0.25) is 6.10 Å². The van der Waals surface area contributed by atoms with E-state index < -0.39 is 157 Å². The van der Waals surface area contributed by atoms with E-state index in [0.29, 0.717) is 0 Å². The van der Waals surface area contributed by atoms with E-state index in [9.17, 15) is 43.8 Å². The second-order valence-corrected chi connectivity index (χ2v) is 26.7. The van der Waals surface area contributed by atoms with Gasteiger partial charge < -0.3 is 68.8 Å². The number of esters is 5. The predicted octanol–water partition coefficient (Wildman–Crippen LogP) is 8.80. The fraction of sp³-hybridized carbons (Fsp3) is 0.373. The summed E-state index contributed by atoms with van der Waals surface area (Å²) in [4.78, 5) is 130. The maximum Gasteiger partial charge on any atom is 0.408 e. The van der Waals surface area contributed by atoms with Gasteiger partial charge in [-0.05, 0) is 108 Å². The van der Waals surface area contributed by atoms with Crippen molar-refractivity contribution in [1.29, 1.82) is 0 Å². The summed E-state index contributed by atoms with van der Waals surface area (Å²) in [5.74, 6) is -9.18. The van der Waals surface area contributed by atoms with Crippen molar-refractivity contribution in [1.82, 2.24) is 16.0 Å². The van der Waals surface area contributed by atoms with Gasteiger partial charge in [-0.2, -0.15) is 0 Å². The molecule has 98 heavy (non-hydrogen) atoms. The Bertz CT molecular complexity index is 4060. The third kappa shape index (κ3) is 13.2. The summed E-state index contributed by atoms with van der Waals surface area (Å²) in [6.07, 6.45) is -15.8. The van der Waals surface area contributed by atoms with Crippen LogP contribution in [0, 0.1) is 11.3 Å². The molecule has 6 aromatic rings. The minimum Gasteiger partial charge on any atom is -0.455 e. The number of hydrogen-bond donors (Lipinski definition) is 5. The Hall–Kier alpha value is -10.2. The van der Waals surface area contributed by atoms with Crippen molar-refractivity contribution in [2.45, 2.75) is 132 Å². The molecular weight excluding hydrogens is 1260 g/mol. The maximum absolute atomic E-state index is 16.2. The van der Waals surface area contributed by atoms with Gasteiger partial charge >= 0.3 is 48.1 Å². The normalized spacial score (nSPS) is 24.8. The first-order valence-corrected chi connectivity index (χ1v) is 32.4. The molecule has 1 heterocycles. The number of rotatable bonds is 18. The van der Waals surface area contributed by atoms with Gasteiger partial charge in [0.25, 0.3) is 0 Å². The lowest BCUT2D eigenvalue weighted by Crippen LogP contribution is -2.80. The number of carbonyl (C=O) groups is 9. The van der Waals surface area contributed by atoms with E-state index in [2.05, 4.69) is 16.0 Å². The highest BCUT2D eigenvalue weighted by Crippen LogP contribution is 2.61. The molecule has 3 amide bonds. The molecule has 0 radical (unpaired) electrons. The molecule has 5 N–H and O–H groups in total. The minimum absolute atomic E-state index is 0.0166. The number of ketones is 1. The summed E-state index contributed by atoms with van der Waals surface area (Å²) in [6, 6.07) is 44.6. The first-order valence-electron chi connectivity index (χ1n) is 32.4. The number of carbonyl (C=O) groups excluding carboxylic acids is 9. The minimum atomic E-state index is -2.56. The zero-order chi connectivity index (χ0) is 69.4. The van der Waals surface area contributed by atoms with Crippen molar-refractivity contribution >= 4 is 53.9 Å².